The fraction of sp³-hybridized carbons (Fsp3) is 0.143. The maximum atomic E-state index is 10.9. The molecule has 0 aromatic carbocycles. The summed E-state index contributed by atoms with van der Waals surface area (Å²) >= 11 is 1.47. The lowest BCUT2D eigenvalue weighted by Gasteiger charge is -1.95. The highest BCUT2D eigenvalue weighted by atomic mass is 32.1. The first-order valence-electron chi connectivity index (χ1n) is 2.83. The zero-order chi connectivity index (χ0) is 7.40. The van der Waals surface area contributed by atoms with Crippen LogP contribution in [0.25, 0.3) is 0 Å². The highest BCUT2D eigenvalue weighted by Gasteiger charge is 2.04. The van der Waals surface area contributed by atoms with Crippen LogP contribution in [0.4, 0.5) is 0 Å². The third kappa shape index (κ3) is 1.57. The molecule has 0 bridgehead atoms. The van der Waals surface area contributed by atoms with Gasteiger partial charge in [-0.15, -0.1) is 0 Å². The van der Waals surface area contributed by atoms with Crippen molar-refractivity contribution >= 4 is 17.3 Å². The normalized spacial score (nSPS) is 9.30. The van der Waals surface area contributed by atoms with Gasteiger partial charge in [0.15, 0.2) is 0 Å². The molecule has 1 radical (unpaired) electrons. The zero-order valence-electron chi connectivity index (χ0n) is 5.37. The van der Waals surface area contributed by atoms with Crippen molar-refractivity contribution in [3.05, 3.63) is 29.3 Å². The Labute approximate surface area is 63.4 Å². The van der Waals surface area contributed by atoms with Crippen molar-refractivity contribution in [1.82, 2.24) is 0 Å². The van der Waals surface area contributed by atoms with Crippen molar-refractivity contribution in [3.63, 3.8) is 0 Å². The number of carbonyl (C=O) groups is 1. The Morgan fingerprint density at radius 2 is 2.60 bits per heavy atom. The second kappa shape index (κ2) is 3.37. The molecule has 0 saturated carbocycles. The molecule has 0 aliphatic heterocycles. The largest absolute Gasteiger partial charge is 0.462 e. The first-order valence-corrected chi connectivity index (χ1v) is 3.77. The van der Waals surface area contributed by atoms with E-state index in [0.29, 0.717) is 5.56 Å². The van der Waals surface area contributed by atoms with Crippen molar-refractivity contribution in [1.29, 1.82) is 0 Å². The topological polar surface area (TPSA) is 26.3 Å². The monoisotopic (exact) mass is 155 g/mol. The molecule has 0 aliphatic carbocycles. The van der Waals surface area contributed by atoms with E-state index in [1.807, 2.05) is 5.38 Å². The van der Waals surface area contributed by atoms with Gasteiger partial charge in [-0.25, -0.2) is 4.79 Å². The maximum Gasteiger partial charge on any atom is 0.338 e. The minimum atomic E-state index is -0.295. The molecule has 0 N–H and O–H groups in total. The third-order valence-corrected chi connectivity index (χ3v) is 1.67. The first kappa shape index (κ1) is 7.28. The summed E-state index contributed by atoms with van der Waals surface area (Å²) < 4.78 is 4.64. The molecule has 1 heterocycles. The molecule has 0 atom stereocenters. The molecule has 0 amide bonds. The Balaban J connectivity index is 2.59. The Bertz CT molecular complexity index is 203. The molecular weight excluding hydrogens is 148 g/mol. The second-order valence-corrected chi connectivity index (χ2v) is 2.43. The number of rotatable bonds is 2. The average molecular weight is 155 g/mol. The molecular formula is C7H7O2S. The van der Waals surface area contributed by atoms with Gasteiger partial charge in [0.1, 0.15) is 0 Å². The van der Waals surface area contributed by atoms with Crippen LogP contribution in [0.3, 0.4) is 0 Å². The first-order chi connectivity index (χ1) is 4.84. The van der Waals surface area contributed by atoms with E-state index in [9.17, 15) is 4.79 Å². The van der Waals surface area contributed by atoms with Crippen LogP contribution in [0.2, 0.25) is 0 Å². The van der Waals surface area contributed by atoms with E-state index in [4.69, 9.17) is 0 Å². The number of hydrogen-bond donors (Lipinski definition) is 0. The van der Waals surface area contributed by atoms with Crippen LogP contribution in [0.1, 0.15) is 10.4 Å². The van der Waals surface area contributed by atoms with Crippen LogP contribution in [0, 0.1) is 6.92 Å². The summed E-state index contributed by atoms with van der Waals surface area (Å²) in [5, 5.41) is 3.58. The number of hydrogen-bond acceptors (Lipinski definition) is 3. The number of thiophene rings is 1. The molecule has 1 aromatic rings. The molecule has 1 aromatic heterocycles. The summed E-state index contributed by atoms with van der Waals surface area (Å²) in [7, 11) is 0. The van der Waals surface area contributed by atoms with Crippen LogP contribution < -0.4 is 0 Å². The summed E-state index contributed by atoms with van der Waals surface area (Å²) in [5.41, 5.74) is 0.605. The molecule has 0 aliphatic rings. The van der Waals surface area contributed by atoms with Crippen LogP contribution in [0.15, 0.2) is 16.8 Å². The van der Waals surface area contributed by atoms with Crippen molar-refractivity contribution in [3.8, 4) is 0 Å². The van der Waals surface area contributed by atoms with Gasteiger partial charge in [-0.3, -0.25) is 0 Å². The van der Waals surface area contributed by atoms with Crippen molar-refractivity contribution in [2.24, 2.45) is 0 Å². The van der Waals surface area contributed by atoms with Gasteiger partial charge in [0.25, 0.3) is 0 Å². The van der Waals surface area contributed by atoms with Gasteiger partial charge >= 0.3 is 5.97 Å². The Morgan fingerprint density at radius 3 is 3.10 bits per heavy atom. The lowest BCUT2D eigenvalue weighted by molar-refractivity contribution is 0.0548. The fourth-order valence-electron chi connectivity index (χ4n) is 0.557. The van der Waals surface area contributed by atoms with Crippen molar-refractivity contribution < 1.29 is 9.53 Å². The number of carbonyl (C=O) groups excluding carboxylic acids is 1. The molecule has 2 nitrogen and oxygen atoms in total. The van der Waals surface area contributed by atoms with Gasteiger partial charge in [0.2, 0.25) is 0 Å². The molecule has 0 saturated heterocycles. The fourth-order valence-corrected chi connectivity index (χ4v) is 1.18. The molecule has 1 rings (SSSR count). The molecule has 3 heteroatoms. The van der Waals surface area contributed by atoms with Gasteiger partial charge in [-0.1, -0.05) is 0 Å². The summed E-state index contributed by atoms with van der Waals surface area (Å²) in [6.07, 6.45) is 0. The van der Waals surface area contributed by atoms with Crippen molar-refractivity contribution in [2.45, 2.75) is 0 Å². The van der Waals surface area contributed by atoms with E-state index in [0.717, 1.165) is 0 Å². The molecule has 53 valence electrons. The standard InChI is InChI=1S/C7H7O2S/c1-2-9-7(8)6-3-4-10-5-6/h3-5H,1-2H2. The maximum absolute atomic E-state index is 10.9. The zero-order valence-corrected chi connectivity index (χ0v) is 6.19. The quantitative estimate of drug-likeness (QED) is 0.608. The van der Waals surface area contributed by atoms with Gasteiger partial charge in [-0.05, 0) is 18.4 Å². The van der Waals surface area contributed by atoms with E-state index in [2.05, 4.69) is 11.7 Å². The SMILES string of the molecule is [CH2]COC(=O)c1ccsc1. The van der Waals surface area contributed by atoms with Crippen LogP contribution in [-0.4, -0.2) is 12.6 Å². The summed E-state index contributed by atoms with van der Waals surface area (Å²) in [6, 6.07) is 1.72. The predicted octanol–water partition coefficient (Wildman–Crippen LogP) is 1.74. The van der Waals surface area contributed by atoms with Crippen LogP contribution in [0.5, 0.6) is 0 Å². The second-order valence-electron chi connectivity index (χ2n) is 1.65. The average Bonchev–Trinajstić information content (AvgIpc) is 2.38. The molecule has 0 spiro atoms. The van der Waals surface area contributed by atoms with E-state index in [-0.39, 0.29) is 12.6 Å². The summed E-state index contributed by atoms with van der Waals surface area (Å²) in [5.74, 6) is -0.295. The molecule has 10 heavy (non-hydrogen) atoms. The molecule has 0 fully saturated rings. The van der Waals surface area contributed by atoms with E-state index < -0.39 is 0 Å². The summed E-state index contributed by atoms with van der Waals surface area (Å²) in [6.45, 7) is 3.59. The van der Waals surface area contributed by atoms with Crippen LogP contribution in [-0.2, 0) is 4.74 Å². The Hall–Kier alpha value is -0.830. The lowest BCUT2D eigenvalue weighted by Crippen LogP contribution is -2.02. The van der Waals surface area contributed by atoms with Gasteiger partial charge in [-0.2, -0.15) is 11.3 Å². The Morgan fingerprint density at radius 1 is 1.80 bits per heavy atom. The van der Waals surface area contributed by atoms with E-state index in [1.54, 1.807) is 11.4 Å². The van der Waals surface area contributed by atoms with E-state index >= 15 is 0 Å². The van der Waals surface area contributed by atoms with Gasteiger partial charge in [0, 0.05) is 5.38 Å². The highest BCUT2D eigenvalue weighted by molar-refractivity contribution is 7.08. The lowest BCUT2D eigenvalue weighted by atomic mass is 10.3. The third-order valence-electron chi connectivity index (χ3n) is 0.990. The summed E-state index contributed by atoms with van der Waals surface area (Å²) in [4.78, 5) is 10.9. The molecule has 0 unspecified atom stereocenters. The van der Waals surface area contributed by atoms with E-state index in [1.165, 1.54) is 11.3 Å². The van der Waals surface area contributed by atoms with Gasteiger partial charge < -0.3 is 4.74 Å². The minimum absolute atomic E-state index is 0.189. The number of esters is 1. The smallest absolute Gasteiger partial charge is 0.338 e. The minimum Gasteiger partial charge on any atom is -0.462 e. The predicted molar refractivity (Wildman–Crippen MR) is 40.0 cm³/mol. The highest BCUT2D eigenvalue weighted by Crippen LogP contribution is 2.06. The van der Waals surface area contributed by atoms with Crippen molar-refractivity contribution in [2.75, 3.05) is 6.61 Å². The van der Waals surface area contributed by atoms with Crippen LogP contribution >= 0.6 is 11.3 Å². The number of ether oxygens (including phenoxy) is 1. The Kier molecular flexibility index (Phi) is 2.45. The van der Waals surface area contributed by atoms with Gasteiger partial charge in [0.05, 0.1) is 12.2 Å².